The Morgan fingerprint density at radius 2 is 1.83 bits per heavy atom. The molecule has 0 saturated heterocycles. The topological polar surface area (TPSA) is 43.3 Å². The van der Waals surface area contributed by atoms with E-state index in [4.69, 9.17) is 4.84 Å². The molecule has 0 radical (unpaired) electrons. The van der Waals surface area contributed by atoms with E-state index in [0.717, 1.165) is 17.6 Å². The zero-order valence-electron chi connectivity index (χ0n) is 14.2. The summed E-state index contributed by atoms with van der Waals surface area (Å²) in [7, 11) is 1.58. The van der Waals surface area contributed by atoms with E-state index in [-0.39, 0.29) is 5.97 Å². The van der Waals surface area contributed by atoms with Gasteiger partial charge in [0.05, 0.1) is 16.8 Å². The minimum absolute atomic E-state index is 0.388. The van der Waals surface area contributed by atoms with Crippen LogP contribution >= 0.6 is 0 Å². The van der Waals surface area contributed by atoms with Crippen LogP contribution in [-0.4, -0.2) is 17.6 Å². The lowest BCUT2D eigenvalue weighted by atomic mass is 10.1. The number of nitrogens with one attached hydrogen (secondary N) is 1. The summed E-state index contributed by atoms with van der Waals surface area (Å²) in [5, 5.41) is 1.17. The molecule has 0 aliphatic rings. The molecule has 1 N–H and O–H groups in total. The van der Waals surface area contributed by atoms with E-state index < -0.39 is 0 Å². The van der Waals surface area contributed by atoms with Crippen molar-refractivity contribution in [1.82, 2.24) is 10.0 Å². The number of benzene rings is 2. The number of nitrogens with zero attached hydrogens (tertiary/aromatic N) is 1. The van der Waals surface area contributed by atoms with Crippen LogP contribution in [0.25, 0.3) is 16.6 Å². The molecular formula is C20H22N2O2. The molecule has 3 rings (SSSR count). The molecule has 0 atom stereocenters. The number of para-hydroxylation sites is 2. The molecule has 0 aliphatic heterocycles. The maximum atomic E-state index is 12.3. The van der Waals surface area contributed by atoms with Gasteiger partial charge < -0.3 is 9.40 Å². The van der Waals surface area contributed by atoms with Crippen LogP contribution in [-0.2, 0) is 11.3 Å². The zero-order valence-corrected chi connectivity index (χ0v) is 14.2. The molecule has 1 heterocycles. The first-order valence-corrected chi connectivity index (χ1v) is 8.18. The van der Waals surface area contributed by atoms with Gasteiger partial charge in [0.1, 0.15) is 0 Å². The molecule has 0 unspecified atom stereocenters. The van der Waals surface area contributed by atoms with E-state index in [1.54, 1.807) is 13.1 Å². The highest BCUT2D eigenvalue weighted by Crippen LogP contribution is 2.28. The van der Waals surface area contributed by atoms with Crippen molar-refractivity contribution in [1.29, 1.82) is 0 Å². The van der Waals surface area contributed by atoms with Gasteiger partial charge in [0.2, 0.25) is 0 Å². The third-order valence-electron chi connectivity index (χ3n) is 3.96. The highest BCUT2D eigenvalue weighted by atomic mass is 16.7. The second kappa shape index (κ2) is 6.89. The van der Waals surface area contributed by atoms with E-state index in [0.29, 0.717) is 11.5 Å². The van der Waals surface area contributed by atoms with Gasteiger partial charge in [-0.1, -0.05) is 44.2 Å². The predicted octanol–water partition coefficient (Wildman–Crippen LogP) is 4.12. The number of hydrogen-bond acceptors (Lipinski definition) is 3. The van der Waals surface area contributed by atoms with Crippen molar-refractivity contribution in [3.8, 4) is 5.69 Å². The summed E-state index contributed by atoms with van der Waals surface area (Å²) in [6.45, 7) is 4.40. The molecule has 0 fully saturated rings. The van der Waals surface area contributed by atoms with Crippen molar-refractivity contribution in [2.24, 2.45) is 5.92 Å². The van der Waals surface area contributed by atoms with Gasteiger partial charge in [-0.15, -0.1) is 0 Å². The first-order chi connectivity index (χ1) is 11.6. The highest BCUT2D eigenvalue weighted by molar-refractivity contribution is 5.95. The fraction of sp³-hybridized carbons (Fsp3) is 0.250. The van der Waals surface area contributed by atoms with E-state index in [2.05, 4.69) is 42.1 Å². The minimum atomic E-state index is -0.388. The quantitative estimate of drug-likeness (QED) is 0.719. The minimum Gasteiger partial charge on any atom is -0.367 e. The predicted molar refractivity (Wildman–Crippen MR) is 96.3 cm³/mol. The Labute approximate surface area is 142 Å². The molecule has 2 aromatic carbocycles. The van der Waals surface area contributed by atoms with Crippen LogP contribution in [0.5, 0.6) is 0 Å². The monoisotopic (exact) mass is 322 g/mol. The van der Waals surface area contributed by atoms with Crippen LogP contribution in [0.1, 0.15) is 29.9 Å². The number of rotatable bonds is 5. The van der Waals surface area contributed by atoms with Gasteiger partial charge >= 0.3 is 5.97 Å². The van der Waals surface area contributed by atoms with Gasteiger partial charge in [-0.05, 0) is 36.6 Å². The highest BCUT2D eigenvalue weighted by Gasteiger charge is 2.18. The van der Waals surface area contributed by atoms with Gasteiger partial charge in [-0.25, -0.2) is 4.79 Å². The molecule has 0 spiro atoms. The molecular weight excluding hydrogens is 300 g/mol. The molecule has 4 heteroatoms. The van der Waals surface area contributed by atoms with Crippen LogP contribution in [0.2, 0.25) is 0 Å². The van der Waals surface area contributed by atoms with Crippen molar-refractivity contribution in [2.45, 2.75) is 20.3 Å². The van der Waals surface area contributed by atoms with E-state index >= 15 is 0 Å². The third-order valence-corrected chi connectivity index (χ3v) is 3.96. The normalized spacial score (nSPS) is 11.2. The second-order valence-electron chi connectivity index (χ2n) is 6.24. The maximum Gasteiger partial charge on any atom is 0.358 e. The van der Waals surface area contributed by atoms with Crippen LogP contribution in [0.3, 0.4) is 0 Å². The molecule has 3 aromatic rings. The van der Waals surface area contributed by atoms with Crippen LogP contribution in [0, 0.1) is 5.92 Å². The summed E-state index contributed by atoms with van der Waals surface area (Å²) in [6, 6.07) is 18.0. The molecule has 0 amide bonds. The average Bonchev–Trinajstić information content (AvgIpc) is 2.92. The van der Waals surface area contributed by atoms with Crippen molar-refractivity contribution < 1.29 is 9.63 Å². The lowest BCUT2D eigenvalue weighted by Crippen LogP contribution is -2.17. The van der Waals surface area contributed by atoms with Crippen LogP contribution in [0.15, 0.2) is 54.6 Å². The van der Waals surface area contributed by atoms with Gasteiger partial charge in [-0.3, -0.25) is 0 Å². The Morgan fingerprint density at radius 1 is 1.12 bits per heavy atom. The van der Waals surface area contributed by atoms with Crippen molar-refractivity contribution >= 4 is 16.9 Å². The lowest BCUT2D eigenvalue weighted by Gasteiger charge is -2.15. The van der Waals surface area contributed by atoms with Gasteiger partial charge in [0.15, 0.2) is 0 Å². The first-order valence-electron chi connectivity index (χ1n) is 8.18. The molecule has 1 aromatic heterocycles. The van der Waals surface area contributed by atoms with Gasteiger partial charge in [0.25, 0.3) is 0 Å². The summed E-state index contributed by atoms with van der Waals surface area (Å²) in [6.07, 6.45) is 0.935. The number of carbonyl (C=O) groups is 1. The Bertz CT molecular complexity index is 865. The number of aromatic nitrogens is 1. The summed E-state index contributed by atoms with van der Waals surface area (Å²) >= 11 is 0. The average molecular weight is 322 g/mol. The van der Waals surface area contributed by atoms with E-state index in [9.17, 15) is 4.79 Å². The second-order valence-corrected chi connectivity index (χ2v) is 6.24. The number of hydroxylamine groups is 1. The SMILES string of the molecule is CNOC(=O)c1ccccc1-n1c(CC(C)C)cc2ccccc21. The van der Waals surface area contributed by atoms with Crippen molar-refractivity contribution in [3.63, 3.8) is 0 Å². The Balaban J connectivity index is 2.24. The summed E-state index contributed by atoms with van der Waals surface area (Å²) in [5.74, 6) is 0.130. The van der Waals surface area contributed by atoms with Crippen molar-refractivity contribution in [2.75, 3.05) is 7.05 Å². The standard InChI is InChI=1S/C20H22N2O2/c1-14(2)12-16-13-15-8-4-6-10-18(15)22(16)19-11-7-5-9-17(19)20(23)24-21-3/h4-11,13-14,21H,12H2,1-3H3. The molecule has 0 bridgehead atoms. The van der Waals surface area contributed by atoms with E-state index in [1.165, 1.54) is 11.1 Å². The molecule has 0 aliphatic carbocycles. The number of carbonyl (C=O) groups excluding carboxylic acids is 1. The Morgan fingerprint density at radius 3 is 2.58 bits per heavy atom. The first kappa shape index (κ1) is 16.3. The number of hydrogen-bond donors (Lipinski definition) is 1. The summed E-state index contributed by atoms with van der Waals surface area (Å²) in [4.78, 5) is 17.3. The Kier molecular flexibility index (Phi) is 4.67. The molecule has 4 nitrogen and oxygen atoms in total. The Hall–Kier alpha value is -2.59. The summed E-state index contributed by atoms with van der Waals surface area (Å²) < 4.78 is 2.17. The van der Waals surface area contributed by atoms with Gasteiger partial charge in [0, 0.05) is 18.1 Å². The third kappa shape index (κ3) is 3.05. The van der Waals surface area contributed by atoms with E-state index in [1.807, 2.05) is 30.3 Å². The molecule has 24 heavy (non-hydrogen) atoms. The smallest absolute Gasteiger partial charge is 0.358 e. The largest absolute Gasteiger partial charge is 0.367 e. The van der Waals surface area contributed by atoms with Crippen LogP contribution < -0.4 is 5.48 Å². The molecule has 0 saturated carbocycles. The summed E-state index contributed by atoms with van der Waals surface area (Å²) in [5.41, 5.74) is 6.13. The van der Waals surface area contributed by atoms with Gasteiger partial charge in [-0.2, -0.15) is 5.48 Å². The fourth-order valence-electron chi connectivity index (χ4n) is 3.05. The zero-order chi connectivity index (χ0) is 17.1. The number of fused-ring (bicyclic) bond motifs is 1. The van der Waals surface area contributed by atoms with Crippen LogP contribution in [0.4, 0.5) is 0 Å². The van der Waals surface area contributed by atoms with Crippen molar-refractivity contribution in [3.05, 3.63) is 65.9 Å². The molecule has 124 valence electrons. The maximum absolute atomic E-state index is 12.3. The fourth-order valence-corrected chi connectivity index (χ4v) is 3.05. The lowest BCUT2D eigenvalue weighted by molar-refractivity contribution is 0.0310.